The predicted molar refractivity (Wildman–Crippen MR) is 90.2 cm³/mol. The molecule has 1 amide bonds. The number of hydrogen-bond acceptors (Lipinski definition) is 4. The molecule has 0 aliphatic carbocycles. The number of aromatic amines is 1. The van der Waals surface area contributed by atoms with Crippen LogP contribution in [0.5, 0.6) is 0 Å². The Labute approximate surface area is 140 Å². The molecular formula is C16H13BrN4O2. The fourth-order valence-electron chi connectivity index (χ4n) is 1.94. The van der Waals surface area contributed by atoms with Gasteiger partial charge in [0.1, 0.15) is 11.5 Å². The number of aryl methyl sites for hydroxylation is 1. The number of hydrazone groups is 1. The second-order valence-corrected chi connectivity index (χ2v) is 5.76. The summed E-state index contributed by atoms with van der Waals surface area (Å²) in [5.41, 5.74) is 4.46. The van der Waals surface area contributed by atoms with E-state index in [4.69, 9.17) is 4.42 Å². The summed E-state index contributed by atoms with van der Waals surface area (Å²) >= 11 is 3.39. The van der Waals surface area contributed by atoms with Crippen LogP contribution in [0.3, 0.4) is 0 Å². The predicted octanol–water partition coefficient (Wildman–Crippen LogP) is 3.50. The second-order valence-electron chi connectivity index (χ2n) is 4.84. The van der Waals surface area contributed by atoms with Crippen molar-refractivity contribution in [1.82, 2.24) is 15.6 Å². The molecule has 0 saturated carbocycles. The molecule has 1 aromatic carbocycles. The number of benzene rings is 1. The number of rotatable bonds is 4. The summed E-state index contributed by atoms with van der Waals surface area (Å²) in [6.07, 6.45) is 1.44. The van der Waals surface area contributed by atoms with Gasteiger partial charge in [-0.05, 0) is 37.3 Å². The van der Waals surface area contributed by atoms with Gasteiger partial charge in [0.2, 0.25) is 0 Å². The maximum absolute atomic E-state index is 11.8. The number of hydrogen-bond donors (Lipinski definition) is 2. The fourth-order valence-corrected chi connectivity index (χ4v) is 2.20. The number of aromatic nitrogens is 2. The number of amides is 1. The smallest absolute Gasteiger partial charge is 0.291 e. The number of H-pyrrole nitrogens is 1. The van der Waals surface area contributed by atoms with E-state index in [0.29, 0.717) is 5.76 Å². The van der Waals surface area contributed by atoms with Gasteiger partial charge in [-0.1, -0.05) is 28.1 Å². The first-order valence-electron chi connectivity index (χ1n) is 6.83. The summed E-state index contributed by atoms with van der Waals surface area (Å²) in [5, 5.41) is 10.4. The van der Waals surface area contributed by atoms with Crippen molar-refractivity contribution < 1.29 is 9.21 Å². The van der Waals surface area contributed by atoms with Crippen molar-refractivity contribution in [2.24, 2.45) is 5.10 Å². The highest BCUT2D eigenvalue weighted by Crippen LogP contribution is 2.23. The molecule has 116 valence electrons. The lowest BCUT2D eigenvalue weighted by molar-refractivity contribution is 0.0950. The van der Waals surface area contributed by atoms with Crippen LogP contribution in [-0.2, 0) is 0 Å². The second kappa shape index (κ2) is 6.62. The minimum atomic E-state index is -0.384. The summed E-state index contributed by atoms with van der Waals surface area (Å²) in [6.45, 7) is 1.82. The Hall–Kier alpha value is -2.67. The fraction of sp³-hybridized carbons (Fsp3) is 0.0625. The van der Waals surface area contributed by atoms with Crippen LogP contribution in [-0.4, -0.2) is 22.3 Å². The molecule has 0 fully saturated rings. The molecular weight excluding hydrogens is 360 g/mol. The molecule has 0 saturated heterocycles. The highest BCUT2D eigenvalue weighted by Gasteiger charge is 2.08. The molecule has 3 aromatic rings. The Kier molecular flexibility index (Phi) is 4.38. The van der Waals surface area contributed by atoms with Crippen LogP contribution in [0.1, 0.15) is 21.9 Å². The minimum Gasteiger partial charge on any atom is -0.455 e. The summed E-state index contributed by atoms with van der Waals surface area (Å²) in [6, 6.07) is 13.1. The van der Waals surface area contributed by atoms with Crippen LogP contribution in [0.2, 0.25) is 0 Å². The molecule has 23 heavy (non-hydrogen) atoms. The van der Waals surface area contributed by atoms with Gasteiger partial charge in [0.05, 0.1) is 6.21 Å². The third-order valence-corrected chi connectivity index (χ3v) is 3.58. The van der Waals surface area contributed by atoms with Gasteiger partial charge in [-0.15, -0.1) is 0 Å². The van der Waals surface area contributed by atoms with E-state index in [2.05, 4.69) is 36.7 Å². The van der Waals surface area contributed by atoms with Crippen LogP contribution in [0.25, 0.3) is 11.3 Å². The molecule has 3 rings (SSSR count). The maximum Gasteiger partial charge on any atom is 0.291 e. The largest absolute Gasteiger partial charge is 0.455 e. The molecule has 0 bridgehead atoms. The molecule has 6 nitrogen and oxygen atoms in total. The first-order chi connectivity index (χ1) is 11.1. The number of carbonyl (C=O) groups is 1. The van der Waals surface area contributed by atoms with Crippen molar-refractivity contribution in [2.75, 3.05) is 0 Å². The van der Waals surface area contributed by atoms with Gasteiger partial charge < -0.3 is 4.42 Å². The van der Waals surface area contributed by atoms with E-state index in [1.165, 1.54) is 6.21 Å². The highest BCUT2D eigenvalue weighted by atomic mass is 79.9. The van der Waals surface area contributed by atoms with E-state index in [1.807, 2.05) is 37.3 Å². The summed E-state index contributed by atoms with van der Waals surface area (Å²) in [4.78, 5) is 11.8. The first-order valence-corrected chi connectivity index (χ1v) is 7.62. The number of carbonyl (C=O) groups excluding carboxylic acids is 1. The van der Waals surface area contributed by atoms with Gasteiger partial charge in [0.25, 0.3) is 5.91 Å². The highest BCUT2D eigenvalue weighted by molar-refractivity contribution is 9.10. The molecule has 0 spiro atoms. The van der Waals surface area contributed by atoms with E-state index in [-0.39, 0.29) is 11.6 Å². The topological polar surface area (TPSA) is 83.3 Å². The SMILES string of the molecule is Cc1cc(C(=O)NN=Cc2ccc(-c3ccc(Br)cc3)o2)n[nH]1. The summed E-state index contributed by atoms with van der Waals surface area (Å²) < 4.78 is 6.67. The Morgan fingerprint density at radius 2 is 2.09 bits per heavy atom. The van der Waals surface area contributed by atoms with E-state index in [0.717, 1.165) is 21.5 Å². The lowest BCUT2D eigenvalue weighted by atomic mass is 10.2. The zero-order chi connectivity index (χ0) is 16.2. The molecule has 0 atom stereocenters. The molecule has 0 aliphatic heterocycles. The van der Waals surface area contributed by atoms with E-state index in [1.54, 1.807) is 12.1 Å². The number of furan rings is 1. The Balaban J connectivity index is 1.64. The van der Waals surface area contributed by atoms with Gasteiger partial charge in [0, 0.05) is 15.7 Å². The number of nitrogens with one attached hydrogen (secondary N) is 2. The van der Waals surface area contributed by atoms with Gasteiger partial charge in [-0.25, -0.2) is 5.43 Å². The standard InChI is InChI=1S/C16H13BrN4O2/c1-10-8-14(20-19-10)16(22)21-18-9-13-6-7-15(23-13)11-2-4-12(17)5-3-11/h2-9H,1H3,(H,19,20)(H,21,22). The summed E-state index contributed by atoms with van der Waals surface area (Å²) in [5.74, 6) is 0.889. The monoisotopic (exact) mass is 372 g/mol. The third-order valence-electron chi connectivity index (χ3n) is 3.05. The number of nitrogens with zero attached hydrogens (tertiary/aromatic N) is 2. The molecule has 0 radical (unpaired) electrons. The Morgan fingerprint density at radius 1 is 1.30 bits per heavy atom. The van der Waals surface area contributed by atoms with Crippen LogP contribution >= 0.6 is 15.9 Å². The zero-order valence-corrected chi connectivity index (χ0v) is 13.8. The van der Waals surface area contributed by atoms with Crippen LogP contribution < -0.4 is 5.43 Å². The first kappa shape index (κ1) is 15.2. The lowest BCUT2D eigenvalue weighted by Gasteiger charge is -1.96. The van der Waals surface area contributed by atoms with Crippen molar-refractivity contribution in [1.29, 1.82) is 0 Å². The molecule has 2 aromatic heterocycles. The Morgan fingerprint density at radius 3 is 2.78 bits per heavy atom. The van der Waals surface area contributed by atoms with Crippen LogP contribution in [0.4, 0.5) is 0 Å². The van der Waals surface area contributed by atoms with Gasteiger partial charge in [-0.2, -0.15) is 10.2 Å². The third kappa shape index (κ3) is 3.75. The van der Waals surface area contributed by atoms with Crippen molar-refractivity contribution in [3.05, 3.63) is 64.1 Å². The molecule has 0 unspecified atom stereocenters. The average molecular weight is 373 g/mol. The van der Waals surface area contributed by atoms with Crippen LogP contribution in [0.15, 0.2) is 56.5 Å². The zero-order valence-electron chi connectivity index (χ0n) is 12.2. The van der Waals surface area contributed by atoms with Crippen molar-refractivity contribution in [3.63, 3.8) is 0 Å². The molecule has 0 aliphatic rings. The van der Waals surface area contributed by atoms with Gasteiger partial charge in [-0.3, -0.25) is 9.89 Å². The van der Waals surface area contributed by atoms with E-state index < -0.39 is 0 Å². The molecule has 7 heteroatoms. The minimum absolute atomic E-state index is 0.287. The Bertz CT molecular complexity index is 849. The number of halogens is 1. The summed E-state index contributed by atoms with van der Waals surface area (Å²) in [7, 11) is 0. The normalized spacial score (nSPS) is 11.0. The molecule has 2 heterocycles. The van der Waals surface area contributed by atoms with Crippen molar-refractivity contribution in [3.8, 4) is 11.3 Å². The van der Waals surface area contributed by atoms with Crippen molar-refractivity contribution in [2.45, 2.75) is 6.92 Å². The van der Waals surface area contributed by atoms with Crippen LogP contribution in [0, 0.1) is 6.92 Å². The quantitative estimate of drug-likeness (QED) is 0.542. The lowest BCUT2D eigenvalue weighted by Crippen LogP contribution is -2.17. The molecule has 2 N–H and O–H groups in total. The maximum atomic E-state index is 11.8. The average Bonchev–Trinajstić information content (AvgIpc) is 3.17. The van der Waals surface area contributed by atoms with Crippen molar-refractivity contribution >= 4 is 28.1 Å². The van der Waals surface area contributed by atoms with E-state index in [9.17, 15) is 4.79 Å². The van der Waals surface area contributed by atoms with Gasteiger partial charge >= 0.3 is 0 Å². The van der Waals surface area contributed by atoms with Gasteiger partial charge in [0.15, 0.2) is 5.69 Å². The van der Waals surface area contributed by atoms with E-state index >= 15 is 0 Å².